The van der Waals surface area contributed by atoms with Crippen LogP contribution in [-0.2, 0) is 11.3 Å². The monoisotopic (exact) mass is 290 g/mol. The van der Waals surface area contributed by atoms with Crippen LogP contribution >= 0.6 is 0 Å². The van der Waals surface area contributed by atoms with Gasteiger partial charge in [0.1, 0.15) is 0 Å². The molecule has 0 bridgehead atoms. The van der Waals surface area contributed by atoms with Crippen LogP contribution in [-0.4, -0.2) is 18.6 Å². The number of benzene rings is 1. The van der Waals surface area contributed by atoms with Crippen molar-refractivity contribution in [3.63, 3.8) is 0 Å². The zero-order chi connectivity index (χ0) is 15.7. The highest BCUT2D eigenvalue weighted by Crippen LogP contribution is 2.06. The number of esters is 1. The molecule has 1 rings (SSSR count). The molecule has 0 unspecified atom stereocenters. The van der Waals surface area contributed by atoms with Crippen molar-refractivity contribution in [2.75, 3.05) is 6.61 Å². The van der Waals surface area contributed by atoms with Crippen molar-refractivity contribution < 1.29 is 14.3 Å². The van der Waals surface area contributed by atoms with Crippen molar-refractivity contribution in [1.82, 2.24) is 10.6 Å². The van der Waals surface area contributed by atoms with Crippen LogP contribution in [0.3, 0.4) is 0 Å². The number of hydrogen-bond acceptors (Lipinski definition) is 3. The molecule has 0 saturated carbocycles. The van der Waals surface area contributed by atoms with E-state index in [-0.39, 0.29) is 12.0 Å². The van der Waals surface area contributed by atoms with Crippen LogP contribution in [0.1, 0.15) is 36.7 Å². The first-order valence-electron chi connectivity index (χ1n) is 7.00. The summed E-state index contributed by atoms with van der Waals surface area (Å²) in [6.07, 6.45) is 3.53. The number of ether oxygens (including phenoxy) is 1. The van der Waals surface area contributed by atoms with Crippen LogP contribution in [0.5, 0.6) is 0 Å². The van der Waals surface area contributed by atoms with Crippen molar-refractivity contribution in [3.05, 3.63) is 47.7 Å². The lowest BCUT2D eigenvalue weighted by Gasteiger charge is -2.06. The molecule has 0 radical (unpaired) electrons. The van der Waals surface area contributed by atoms with E-state index in [9.17, 15) is 9.59 Å². The Kier molecular flexibility index (Phi) is 7.01. The van der Waals surface area contributed by atoms with Gasteiger partial charge in [-0.05, 0) is 30.5 Å². The minimum Gasteiger partial charge on any atom is -0.462 e. The fourth-order valence-corrected chi connectivity index (χ4v) is 1.52. The molecule has 0 aliphatic heterocycles. The van der Waals surface area contributed by atoms with Gasteiger partial charge in [-0.15, -0.1) is 0 Å². The number of rotatable bonds is 6. The van der Waals surface area contributed by atoms with Crippen molar-refractivity contribution in [2.45, 2.75) is 27.3 Å². The van der Waals surface area contributed by atoms with E-state index < -0.39 is 0 Å². The summed E-state index contributed by atoms with van der Waals surface area (Å²) in [6, 6.07) is 6.69. The average Bonchev–Trinajstić information content (AvgIpc) is 2.45. The highest BCUT2D eigenvalue weighted by molar-refractivity contribution is 5.89. The zero-order valence-corrected chi connectivity index (χ0v) is 12.7. The highest BCUT2D eigenvalue weighted by Gasteiger charge is 2.05. The fourth-order valence-electron chi connectivity index (χ4n) is 1.52. The smallest absolute Gasteiger partial charge is 0.338 e. The second kappa shape index (κ2) is 8.79. The first-order chi connectivity index (χ1) is 10.0. The molecule has 0 heterocycles. The topological polar surface area (TPSA) is 67.4 Å². The number of amides is 2. The second-order valence-corrected chi connectivity index (χ2v) is 4.85. The summed E-state index contributed by atoms with van der Waals surface area (Å²) < 4.78 is 4.90. The van der Waals surface area contributed by atoms with E-state index in [1.807, 2.05) is 19.9 Å². The molecule has 2 amide bonds. The molecule has 0 saturated heterocycles. The molecular weight excluding hydrogens is 268 g/mol. The molecule has 0 aliphatic rings. The lowest BCUT2D eigenvalue weighted by Crippen LogP contribution is -2.31. The lowest BCUT2D eigenvalue weighted by atomic mass is 10.1. The Balaban J connectivity index is 2.42. The predicted octanol–water partition coefficient (Wildman–Crippen LogP) is 2.83. The van der Waals surface area contributed by atoms with Crippen LogP contribution < -0.4 is 10.6 Å². The molecule has 0 aromatic heterocycles. The molecule has 0 aliphatic carbocycles. The number of carbonyl (C=O) groups excluding carboxylic acids is 2. The SMILES string of the molecule is CCOC(=O)c1ccc(CNC(=O)N/C=C/C(C)C)cc1. The van der Waals surface area contributed by atoms with E-state index in [1.165, 1.54) is 0 Å². The Morgan fingerprint density at radius 2 is 1.90 bits per heavy atom. The predicted molar refractivity (Wildman–Crippen MR) is 81.7 cm³/mol. The zero-order valence-electron chi connectivity index (χ0n) is 12.7. The normalized spacial score (nSPS) is 10.7. The molecule has 2 N–H and O–H groups in total. The quantitative estimate of drug-likeness (QED) is 0.792. The number of nitrogens with one attached hydrogen (secondary N) is 2. The van der Waals surface area contributed by atoms with Gasteiger partial charge in [0.25, 0.3) is 0 Å². The first kappa shape index (κ1) is 16.8. The summed E-state index contributed by atoms with van der Waals surface area (Å²) in [5.41, 5.74) is 1.41. The van der Waals surface area contributed by atoms with Crippen LogP contribution in [0.15, 0.2) is 36.5 Å². The number of urea groups is 1. The summed E-state index contributed by atoms with van der Waals surface area (Å²) in [6.45, 7) is 6.57. The van der Waals surface area contributed by atoms with Gasteiger partial charge >= 0.3 is 12.0 Å². The third-order valence-corrected chi connectivity index (χ3v) is 2.61. The minimum absolute atomic E-state index is 0.263. The molecule has 0 spiro atoms. The van der Waals surface area contributed by atoms with Gasteiger partial charge in [0.2, 0.25) is 0 Å². The fraction of sp³-hybridized carbons (Fsp3) is 0.375. The largest absolute Gasteiger partial charge is 0.462 e. The van der Waals surface area contributed by atoms with Crippen molar-refractivity contribution in [2.24, 2.45) is 5.92 Å². The Morgan fingerprint density at radius 1 is 1.24 bits per heavy atom. The Bertz CT molecular complexity index is 493. The lowest BCUT2D eigenvalue weighted by molar-refractivity contribution is 0.0526. The average molecular weight is 290 g/mol. The molecule has 21 heavy (non-hydrogen) atoms. The molecule has 5 nitrogen and oxygen atoms in total. The van der Waals surface area contributed by atoms with E-state index in [0.29, 0.717) is 24.6 Å². The van der Waals surface area contributed by atoms with Gasteiger partial charge in [0.05, 0.1) is 12.2 Å². The van der Waals surface area contributed by atoms with Gasteiger partial charge in [0.15, 0.2) is 0 Å². The minimum atomic E-state index is -0.339. The van der Waals surface area contributed by atoms with E-state index in [2.05, 4.69) is 10.6 Å². The van der Waals surface area contributed by atoms with E-state index >= 15 is 0 Å². The number of hydrogen-bond donors (Lipinski definition) is 2. The number of carbonyl (C=O) groups is 2. The van der Waals surface area contributed by atoms with Gasteiger partial charge < -0.3 is 15.4 Å². The second-order valence-electron chi connectivity index (χ2n) is 4.85. The van der Waals surface area contributed by atoms with E-state index in [4.69, 9.17) is 4.74 Å². The third-order valence-electron chi connectivity index (χ3n) is 2.61. The van der Waals surface area contributed by atoms with E-state index in [0.717, 1.165) is 5.56 Å². The Morgan fingerprint density at radius 3 is 2.48 bits per heavy atom. The standard InChI is InChI=1S/C16H22N2O3/c1-4-21-15(19)14-7-5-13(6-8-14)11-18-16(20)17-10-9-12(2)3/h5-10,12H,4,11H2,1-3H3,(H2,17,18,20)/b10-9+. The van der Waals surface area contributed by atoms with Gasteiger partial charge in [-0.2, -0.15) is 0 Å². The summed E-state index contributed by atoms with van der Waals surface area (Å²) in [5, 5.41) is 5.35. The molecule has 114 valence electrons. The van der Waals surface area contributed by atoms with Crippen LogP contribution in [0.2, 0.25) is 0 Å². The first-order valence-corrected chi connectivity index (χ1v) is 7.00. The van der Waals surface area contributed by atoms with Gasteiger partial charge in [0, 0.05) is 12.7 Å². The highest BCUT2D eigenvalue weighted by atomic mass is 16.5. The van der Waals surface area contributed by atoms with Gasteiger partial charge in [-0.3, -0.25) is 0 Å². The Hall–Kier alpha value is -2.30. The maximum atomic E-state index is 11.5. The van der Waals surface area contributed by atoms with E-state index in [1.54, 1.807) is 37.4 Å². The molecule has 1 aromatic rings. The van der Waals surface area contributed by atoms with Crippen molar-refractivity contribution >= 4 is 12.0 Å². The van der Waals surface area contributed by atoms with Gasteiger partial charge in [-0.1, -0.05) is 32.1 Å². The summed E-state index contributed by atoms with van der Waals surface area (Å²) in [5.74, 6) is 0.0503. The molecule has 0 fully saturated rings. The van der Waals surface area contributed by atoms with Crippen LogP contribution in [0.25, 0.3) is 0 Å². The van der Waals surface area contributed by atoms with Crippen molar-refractivity contribution in [1.29, 1.82) is 0 Å². The number of allylic oxidation sites excluding steroid dienone is 1. The summed E-state index contributed by atoms with van der Waals surface area (Å²) in [7, 11) is 0. The van der Waals surface area contributed by atoms with Crippen molar-refractivity contribution in [3.8, 4) is 0 Å². The van der Waals surface area contributed by atoms with Crippen LogP contribution in [0, 0.1) is 5.92 Å². The molecule has 1 aromatic carbocycles. The maximum Gasteiger partial charge on any atom is 0.338 e. The Labute approximate surface area is 125 Å². The molecular formula is C16H22N2O3. The molecule has 0 atom stereocenters. The maximum absolute atomic E-state index is 11.5. The summed E-state index contributed by atoms with van der Waals surface area (Å²) >= 11 is 0. The molecule has 5 heteroatoms. The summed E-state index contributed by atoms with van der Waals surface area (Å²) in [4.78, 5) is 23.0. The van der Waals surface area contributed by atoms with Gasteiger partial charge in [-0.25, -0.2) is 9.59 Å². The van der Waals surface area contributed by atoms with Crippen LogP contribution in [0.4, 0.5) is 4.79 Å². The third kappa shape index (κ3) is 6.61.